The molecule has 0 aliphatic carbocycles. The first-order chi connectivity index (χ1) is 11.6. The summed E-state index contributed by atoms with van der Waals surface area (Å²) in [6.07, 6.45) is 2.97. The molecule has 1 atom stereocenters. The molecule has 0 saturated heterocycles. The summed E-state index contributed by atoms with van der Waals surface area (Å²) in [6.45, 7) is 3.56. The predicted octanol–water partition coefficient (Wildman–Crippen LogP) is 2.90. The third-order valence-electron chi connectivity index (χ3n) is 3.61. The highest BCUT2D eigenvalue weighted by atomic mass is 16.2. The van der Waals surface area contributed by atoms with Crippen LogP contribution in [0.2, 0.25) is 0 Å². The molecule has 1 aromatic heterocycles. The van der Waals surface area contributed by atoms with Crippen molar-refractivity contribution in [2.45, 2.75) is 19.9 Å². The van der Waals surface area contributed by atoms with Crippen molar-refractivity contribution in [1.29, 1.82) is 0 Å². The third kappa shape index (κ3) is 2.96. The van der Waals surface area contributed by atoms with E-state index in [2.05, 4.69) is 20.3 Å². The van der Waals surface area contributed by atoms with Gasteiger partial charge in [-0.15, -0.1) is 0 Å². The molecule has 0 saturated carbocycles. The van der Waals surface area contributed by atoms with Crippen LogP contribution in [0.15, 0.2) is 64.1 Å². The van der Waals surface area contributed by atoms with Gasteiger partial charge in [0.05, 0.1) is 11.4 Å². The van der Waals surface area contributed by atoms with Crippen LogP contribution in [-0.4, -0.2) is 33.6 Å². The fourth-order valence-corrected chi connectivity index (χ4v) is 2.25. The van der Waals surface area contributed by atoms with Crippen LogP contribution in [-0.2, 0) is 4.79 Å². The van der Waals surface area contributed by atoms with E-state index in [1.54, 1.807) is 6.92 Å². The van der Waals surface area contributed by atoms with Gasteiger partial charge >= 0.3 is 0 Å². The average Bonchev–Trinajstić information content (AvgIpc) is 2.89. The van der Waals surface area contributed by atoms with Crippen LogP contribution >= 0.6 is 0 Å². The number of carbonyl (C=O) groups is 2. The summed E-state index contributed by atoms with van der Waals surface area (Å²) in [5.74, 6) is -1.01. The first-order valence-electron chi connectivity index (χ1n) is 7.38. The van der Waals surface area contributed by atoms with Crippen molar-refractivity contribution < 1.29 is 9.59 Å². The number of hydrogen-bond acceptors (Lipinski definition) is 6. The van der Waals surface area contributed by atoms with Gasteiger partial charge < -0.3 is 0 Å². The standard InChI is InChI=1S/C17H15N5O2/c1-11-5-3-4-6-14(11)19-20-15-12(2)21-22(17(15)24)16(23)13-7-9-18-10-8-13/h3-10,15H,1-2H3/t15-/m0/s1. The fraction of sp³-hybridized carbons (Fsp3) is 0.176. The lowest BCUT2D eigenvalue weighted by molar-refractivity contribution is -0.127. The molecular formula is C17H15N5O2. The summed E-state index contributed by atoms with van der Waals surface area (Å²) in [4.78, 5) is 28.7. The Morgan fingerprint density at radius 1 is 1.12 bits per heavy atom. The highest BCUT2D eigenvalue weighted by molar-refractivity contribution is 6.18. The summed E-state index contributed by atoms with van der Waals surface area (Å²) < 4.78 is 0. The van der Waals surface area contributed by atoms with Crippen LogP contribution in [0.3, 0.4) is 0 Å². The maximum atomic E-state index is 12.5. The van der Waals surface area contributed by atoms with Crippen molar-refractivity contribution in [2.75, 3.05) is 0 Å². The van der Waals surface area contributed by atoms with Crippen LogP contribution in [0.5, 0.6) is 0 Å². The predicted molar refractivity (Wildman–Crippen MR) is 88.0 cm³/mol. The summed E-state index contributed by atoms with van der Waals surface area (Å²) in [7, 11) is 0. The Hall–Kier alpha value is -3.22. The number of hydrazone groups is 1. The van der Waals surface area contributed by atoms with E-state index in [9.17, 15) is 9.59 Å². The second-order valence-corrected chi connectivity index (χ2v) is 5.34. The van der Waals surface area contributed by atoms with Gasteiger partial charge in [-0.05, 0) is 37.6 Å². The topological polar surface area (TPSA) is 87.4 Å². The number of rotatable bonds is 3. The van der Waals surface area contributed by atoms with E-state index in [-0.39, 0.29) is 0 Å². The molecule has 0 fully saturated rings. The molecule has 3 rings (SSSR count). The monoisotopic (exact) mass is 321 g/mol. The SMILES string of the molecule is CC1=NN(C(=O)c2ccncc2)C(=O)[C@H]1N=Nc1ccccc1C. The number of aryl methyl sites for hydroxylation is 1. The molecule has 2 amide bonds. The summed E-state index contributed by atoms with van der Waals surface area (Å²) in [5, 5.41) is 13.1. The van der Waals surface area contributed by atoms with E-state index in [0.29, 0.717) is 17.0 Å². The van der Waals surface area contributed by atoms with Crippen molar-refractivity contribution in [1.82, 2.24) is 9.99 Å². The van der Waals surface area contributed by atoms with E-state index in [1.807, 2.05) is 31.2 Å². The van der Waals surface area contributed by atoms with Gasteiger partial charge in [-0.2, -0.15) is 20.3 Å². The Morgan fingerprint density at radius 2 is 1.83 bits per heavy atom. The zero-order chi connectivity index (χ0) is 17.1. The molecule has 2 aromatic rings. The van der Waals surface area contributed by atoms with Crippen LogP contribution in [0.1, 0.15) is 22.8 Å². The normalized spacial score (nSPS) is 17.4. The van der Waals surface area contributed by atoms with Crippen molar-refractivity contribution in [3.8, 4) is 0 Å². The molecule has 120 valence electrons. The molecule has 1 aromatic carbocycles. The number of carbonyl (C=O) groups excluding carboxylic acids is 2. The molecule has 1 aliphatic heterocycles. The number of nitrogens with zero attached hydrogens (tertiary/aromatic N) is 5. The van der Waals surface area contributed by atoms with Crippen molar-refractivity contribution in [3.05, 3.63) is 59.9 Å². The summed E-state index contributed by atoms with van der Waals surface area (Å²) >= 11 is 0. The molecule has 0 radical (unpaired) electrons. The van der Waals surface area contributed by atoms with Gasteiger partial charge in [0.25, 0.3) is 11.8 Å². The molecule has 24 heavy (non-hydrogen) atoms. The molecule has 0 N–H and O–H groups in total. The van der Waals surface area contributed by atoms with Crippen molar-refractivity contribution >= 4 is 23.2 Å². The number of benzene rings is 1. The molecule has 7 heteroatoms. The molecular weight excluding hydrogens is 306 g/mol. The van der Waals surface area contributed by atoms with Gasteiger partial charge in [-0.3, -0.25) is 14.6 Å². The number of aromatic nitrogens is 1. The average molecular weight is 321 g/mol. The fourth-order valence-electron chi connectivity index (χ4n) is 2.25. The first kappa shape index (κ1) is 15.7. The number of imide groups is 1. The van der Waals surface area contributed by atoms with Gasteiger partial charge in [0.15, 0.2) is 6.04 Å². The number of pyridine rings is 1. The second kappa shape index (κ2) is 6.49. The Kier molecular flexibility index (Phi) is 4.24. The zero-order valence-electron chi connectivity index (χ0n) is 13.2. The second-order valence-electron chi connectivity index (χ2n) is 5.34. The third-order valence-corrected chi connectivity index (χ3v) is 3.61. The minimum Gasteiger partial charge on any atom is -0.269 e. The Labute approximate surface area is 138 Å². The van der Waals surface area contributed by atoms with Gasteiger partial charge in [0.2, 0.25) is 0 Å². The zero-order valence-corrected chi connectivity index (χ0v) is 13.2. The van der Waals surface area contributed by atoms with Crippen LogP contribution in [0.4, 0.5) is 5.69 Å². The molecule has 0 bridgehead atoms. The lowest BCUT2D eigenvalue weighted by Gasteiger charge is -2.10. The highest BCUT2D eigenvalue weighted by Crippen LogP contribution is 2.21. The Bertz CT molecular complexity index is 845. The largest absolute Gasteiger partial charge is 0.282 e. The van der Waals surface area contributed by atoms with Gasteiger partial charge in [-0.1, -0.05) is 18.2 Å². The number of amides is 2. The molecule has 0 spiro atoms. The Morgan fingerprint density at radius 3 is 2.54 bits per heavy atom. The van der Waals surface area contributed by atoms with Crippen molar-refractivity contribution in [3.63, 3.8) is 0 Å². The van der Waals surface area contributed by atoms with Gasteiger partial charge in [-0.25, -0.2) is 0 Å². The van der Waals surface area contributed by atoms with E-state index >= 15 is 0 Å². The summed E-state index contributed by atoms with van der Waals surface area (Å²) in [5.41, 5.74) is 2.40. The molecule has 7 nitrogen and oxygen atoms in total. The van der Waals surface area contributed by atoms with E-state index in [0.717, 1.165) is 10.6 Å². The van der Waals surface area contributed by atoms with Crippen molar-refractivity contribution in [2.24, 2.45) is 15.3 Å². The number of azo groups is 1. The van der Waals surface area contributed by atoms with E-state index < -0.39 is 17.9 Å². The van der Waals surface area contributed by atoms with E-state index in [4.69, 9.17) is 0 Å². The quantitative estimate of drug-likeness (QED) is 0.643. The lowest BCUT2D eigenvalue weighted by atomic mass is 10.2. The van der Waals surface area contributed by atoms with Crippen LogP contribution < -0.4 is 0 Å². The Balaban J connectivity index is 1.81. The lowest BCUT2D eigenvalue weighted by Crippen LogP contribution is -2.34. The van der Waals surface area contributed by atoms with Crippen LogP contribution in [0, 0.1) is 6.92 Å². The minimum atomic E-state index is -0.879. The minimum absolute atomic E-state index is 0.339. The molecule has 1 aliphatic rings. The summed E-state index contributed by atoms with van der Waals surface area (Å²) in [6, 6.07) is 9.64. The van der Waals surface area contributed by atoms with Gasteiger partial charge in [0, 0.05) is 18.0 Å². The maximum absolute atomic E-state index is 12.5. The molecule has 2 heterocycles. The maximum Gasteiger partial charge on any atom is 0.282 e. The first-order valence-corrected chi connectivity index (χ1v) is 7.38. The molecule has 0 unspecified atom stereocenters. The number of hydrogen-bond donors (Lipinski definition) is 0. The smallest absolute Gasteiger partial charge is 0.269 e. The van der Waals surface area contributed by atoms with Crippen LogP contribution in [0.25, 0.3) is 0 Å². The van der Waals surface area contributed by atoms with Gasteiger partial charge in [0.1, 0.15) is 0 Å². The highest BCUT2D eigenvalue weighted by Gasteiger charge is 2.38. The van der Waals surface area contributed by atoms with E-state index in [1.165, 1.54) is 24.5 Å².